The topological polar surface area (TPSA) is 24.5 Å². The number of rotatable bonds is 6. The van der Waals surface area contributed by atoms with E-state index < -0.39 is 0 Å². The van der Waals surface area contributed by atoms with Crippen LogP contribution in [-0.4, -0.2) is 38.2 Å². The molecule has 0 bridgehead atoms. The molecule has 1 fully saturated rings. The van der Waals surface area contributed by atoms with Gasteiger partial charge in [0.2, 0.25) is 0 Å². The number of ether oxygens (including phenoxy) is 1. The molecule has 0 unspecified atom stereocenters. The number of nitrogens with zero attached hydrogens (tertiary/aromatic N) is 1. The van der Waals surface area contributed by atoms with Crippen LogP contribution in [0.2, 0.25) is 0 Å². The second kappa shape index (κ2) is 10.8. The van der Waals surface area contributed by atoms with Gasteiger partial charge in [0.1, 0.15) is 11.6 Å². The number of methoxy groups -OCH3 is 1. The number of halogens is 3. The fourth-order valence-electron chi connectivity index (χ4n) is 2.80. The van der Waals surface area contributed by atoms with Gasteiger partial charge in [-0.15, -0.1) is 31.4 Å². The molecule has 1 aliphatic heterocycles. The van der Waals surface area contributed by atoms with Crippen LogP contribution in [0.15, 0.2) is 30.9 Å². The van der Waals surface area contributed by atoms with Gasteiger partial charge in [-0.25, -0.2) is 4.39 Å². The van der Waals surface area contributed by atoms with Gasteiger partial charge in [-0.2, -0.15) is 0 Å². The second-order valence-corrected chi connectivity index (χ2v) is 5.02. The average Bonchev–Trinajstić information content (AvgIpc) is 2.50. The normalized spacial score (nSPS) is 16.1. The summed E-state index contributed by atoms with van der Waals surface area (Å²) in [6.45, 7) is 7.53. The molecule has 0 aliphatic carbocycles. The van der Waals surface area contributed by atoms with Gasteiger partial charge in [0.15, 0.2) is 0 Å². The second-order valence-electron chi connectivity index (χ2n) is 5.02. The van der Waals surface area contributed by atoms with Crippen LogP contribution in [0.5, 0.6) is 5.75 Å². The summed E-state index contributed by atoms with van der Waals surface area (Å²) in [4.78, 5) is 2.33. The molecule has 1 saturated heterocycles. The van der Waals surface area contributed by atoms with Crippen molar-refractivity contribution in [2.75, 3.05) is 33.3 Å². The first-order valence-corrected chi connectivity index (χ1v) is 7.16. The van der Waals surface area contributed by atoms with Crippen molar-refractivity contribution in [2.24, 2.45) is 0 Å². The molecule has 1 N–H and O–H groups in total. The smallest absolute Gasteiger partial charge is 0.131 e. The minimum atomic E-state index is -0.183. The summed E-state index contributed by atoms with van der Waals surface area (Å²) >= 11 is 0. The molecule has 2 rings (SSSR count). The maximum Gasteiger partial charge on any atom is 0.131 e. The van der Waals surface area contributed by atoms with Crippen molar-refractivity contribution in [2.45, 2.75) is 18.9 Å². The SMILES string of the molecule is C=CCC[C@@H](c1c(F)cccc1OC)N1CCNCC1.Cl.Cl. The molecule has 1 heterocycles. The Labute approximate surface area is 144 Å². The van der Waals surface area contributed by atoms with E-state index in [-0.39, 0.29) is 36.7 Å². The zero-order valence-corrected chi connectivity index (χ0v) is 14.5. The van der Waals surface area contributed by atoms with E-state index in [1.54, 1.807) is 13.2 Å². The summed E-state index contributed by atoms with van der Waals surface area (Å²) in [6.07, 6.45) is 3.62. The number of hydrogen-bond acceptors (Lipinski definition) is 3. The summed E-state index contributed by atoms with van der Waals surface area (Å²) in [6, 6.07) is 5.09. The highest BCUT2D eigenvalue weighted by atomic mass is 35.5. The first-order valence-electron chi connectivity index (χ1n) is 7.16. The molecule has 1 aromatic carbocycles. The molecule has 0 aromatic heterocycles. The van der Waals surface area contributed by atoms with Crippen molar-refractivity contribution < 1.29 is 9.13 Å². The van der Waals surface area contributed by atoms with Crippen LogP contribution < -0.4 is 10.1 Å². The van der Waals surface area contributed by atoms with Crippen molar-refractivity contribution in [3.8, 4) is 5.75 Å². The highest BCUT2D eigenvalue weighted by Crippen LogP contribution is 2.35. The van der Waals surface area contributed by atoms with E-state index in [1.165, 1.54) is 6.07 Å². The Hall–Kier alpha value is -0.810. The molecule has 0 radical (unpaired) electrons. The zero-order valence-electron chi connectivity index (χ0n) is 12.9. The molecule has 0 spiro atoms. The van der Waals surface area contributed by atoms with Crippen molar-refractivity contribution >= 4 is 24.8 Å². The highest BCUT2D eigenvalue weighted by Gasteiger charge is 2.26. The fourth-order valence-corrected chi connectivity index (χ4v) is 2.80. The predicted molar refractivity (Wildman–Crippen MR) is 94.1 cm³/mol. The van der Waals surface area contributed by atoms with Gasteiger partial charge in [-0.3, -0.25) is 4.90 Å². The van der Waals surface area contributed by atoms with Gasteiger partial charge in [0, 0.05) is 37.8 Å². The first kappa shape index (κ1) is 21.2. The Kier molecular flexibility index (Phi) is 10.4. The van der Waals surface area contributed by atoms with E-state index in [9.17, 15) is 4.39 Å². The van der Waals surface area contributed by atoms with Gasteiger partial charge >= 0.3 is 0 Å². The summed E-state index contributed by atoms with van der Waals surface area (Å²) < 4.78 is 19.7. The lowest BCUT2D eigenvalue weighted by Gasteiger charge is -2.35. The molecule has 1 aliphatic rings. The molecular formula is C16H25Cl2FN2O. The van der Waals surface area contributed by atoms with E-state index in [2.05, 4.69) is 16.8 Å². The summed E-state index contributed by atoms with van der Waals surface area (Å²) in [5, 5.41) is 3.33. The number of nitrogens with one attached hydrogen (secondary N) is 1. The lowest BCUT2D eigenvalue weighted by atomic mass is 9.98. The lowest BCUT2D eigenvalue weighted by Crippen LogP contribution is -2.45. The summed E-state index contributed by atoms with van der Waals surface area (Å²) in [7, 11) is 1.60. The zero-order chi connectivity index (χ0) is 14.4. The lowest BCUT2D eigenvalue weighted by molar-refractivity contribution is 0.160. The van der Waals surface area contributed by atoms with Crippen LogP contribution in [0.1, 0.15) is 24.4 Å². The highest BCUT2D eigenvalue weighted by molar-refractivity contribution is 5.85. The quantitative estimate of drug-likeness (QED) is 0.793. The minimum Gasteiger partial charge on any atom is -0.496 e. The van der Waals surface area contributed by atoms with E-state index in [1.807, 2.05) is 12.1 Å². The number of benzene rings is 1. The summed E-state index contributed by atoms with van der Waals surface area (Å²) in [5.41, 5.74) is 0.679. The molecule has 22 heavy (non-hydrogen) atoms. The van der Waals surface area contributed by atoms with Crippen molar-refractivity contribution in [3.63, 3.8) is 0 Å². The van der Waals surface area contributed by atoms with Crippen molar-refractivity contribution in [1.29, 1.82) is 0 Å². The van der Waals surface area contributed by atoms with Gasteiger partial charge < -0.3 is 10.1 Å². The maximum atomic E-state index is 14.3. The molecule has 3 nitrogen and oxygen atoms in total. The Balaban J connectivity index is 0.00000220. The Morgan fingerprint density at radius 2 is 2.05 bits per heavy atom. The monoisotopic (exact) mass is 350 g/mol. The van der Waals surface area contributed by atoms with E-state index in [0.29, 0.717) is 11.3 Å². The van der Waals surface area contributed by atoms with Gasteiger partial charge in [0.25, 0.3) is 0 Å². The van der Waals surface area contributed by atoms with Crippen LogP contribution in [0.25, 0.3) is 0 Å². The molecule has 6 heteroatoms. The maximum absolute atomic E-state index is 14.3. The van der Waals surface area contributed by atoms with Crippen molar-refractivity contribution in [3.05, 3.63) is 42.2 Å². The third-order valence-corrected chi connectivity index (χ3v) is 3.80. The van der Waals surface area contributed by atoms with Crippen LogP contribution in [-0.2, 0) is 0 Å². The van der Waals surface area contributed by atoms with Crippen molar-refractivity contribution in [1.82, 2.24) is 10.2 Å². The third kappa shape index (κ3) is 5.13. The Morgan fingerprint density at radius 3 is 2.64 bits per heavy atom. The number of allylic oxidation sites excluding steroid dienone is 1. The largest absolute Gasteiger partial charge is 0.496 e. The predicted octanol–water partition coefficient (Wildman–Crippen LogP) is 3.59. The molecule has 1 atom stereocenters. The van der Waals surface area contributed by atoms with E-state index >= 15 is 0 Å². The van der Waals surface area contributed by atoms with Gasteiger partial charge in [-0.05, 0) is 25.0 Å². The summed E-state index contributed by atoms with van der Waals surface area (Å²) in [5.74, 6) is 0.453. The molecular weight excluding hydrogens is 326 g/mol. The van der Waals surface area contributed by atoms with E-state index in [0.717, 1.165) is 39.0 Å². The molecule has 126 valence electrons. The number of piperazine rings is 1. The standard InChI is InChI=1S/C16H23FN2O.2ClH/c1-3-4-7-14(19-11-9-18-10-12-19)16-13(17)6-5-8-15(16)20-2;;/h3,5-6,8,14,18H,1,4,7,9-12H2,2H3;2*1H/t14-;;/m0../s1. The van der Waals surface area contributed by atoms with Crippen LogP contribution >= 0.6 is 24.8 Å². The van der Waals surface area contributed by atoms with Crippen LogP contribution in [0.3, 0.4) is 0 Å². The first-order chi connectivity index (χ1) is 9.77. The average molecular weight is 351 g/mol. The molecule has 1 aromatic rings. The van der Waals surface area contributed by atoms with Gasteiger partial charge in [0.05, 0.1) is 7.11 Å². The minimum absolute atomic E-state index is 0. The fraction of sp³-hybridized carbons (Fsp3) is 0.500. The molecule has 0 amide bonds. The molecule has 0 saturated carbocycles. The number of hydrogen-bond donors (Lipinski definition) is 1. The van der Waals surface area contributed by atoms with Crippen LogP contribution in [0.4, 0.5) is 4.39 Å². The third-order valence-electron chi connectivity index (χ3n) is 3.80. The van der Waals surface area contributed by atoms with Crippen LogP contribution in [0, 0.1) is 5.82 Å². The van der Waals surface area contributed by atoms with E-state index in [4.69, 9.17) is 4.74 Å². The van der Waals surface area contributed by atoms with Gasteiger partial charge in [-0.1, -0.05) is 12.1 Å². The Bertz CT molecular complexity index is 454. The Morgan fingerprint density at radius 1 is 1.36 bits per heavy atom.